The highest BCUT2D eigenvalue weighted by Crippen LogP contribution is 2.41. The molecule has 0 unspecified atom stereocenters. The zero-order valence-corrected chi connectivity index (χ0v) is 17.9. The minimum Gasteiger partial charge on any atom is -0.481 e. The molecule has 0 atom stereocenters. The quantitative estimate of drug-likeness (QED) is 0.381. The van der Waals surface area contributed by atoms with Crippen molar-refractivity contribution >= 4 is 11.9 Å². The molecule has 0 aromatic carbocycles. The highest BCUT2D eigenvalue weighted by Gasteiger charge is 2.39. The summed E-state index contributed by atoms with van der Waals surface area (Å²) in [4.78, 5) is 22.3. The number of carbonyl (C=O) groups excluding carboxylic acids is 2. The molecule has 0 radical (unpaired) electrons. The maximum absolute atomic E-state index is 11.2. The first kappa shape index (κ1) is 22.8. The fourth-order valence-electron chi connectivity index (χ4n) is 5.05. The van der Waals surface area contributed by atoms with Crippen molar-refractivity contribution in [3.8, 4) is 0 Å². The SMILES string of the molecule is CC(=C=O)OC1(CCC2(OC(C)=C=O)CCCCCCC2)CCCCCCC1. The Morgan fingerprint density at radius 3 is 1.18 bits per heavy atom. The third kappa shape index (κ3) is 7.15. The number of rotatable bonds is 7. The monoisotopic (exact) mass is 390 g/mol. The van der Waals surface area contributed by atoms with Crippen molar-refractivity contribution in [3.63, 3.8) is 0 Å². The van der Waals surface area contributed by atoms with Crippen LogP contribution in [0.15, 0.2) is 11.5 Å². The van der Waals surface area contributed by atoms with E-state index in [1.807, 2.05) is 11.9 Å². The van der Waals surface area contributed by atoms with E-state index in [0.29, 0.717) is 11.5 Å². The lowest BCUT2D eigenvalue weighted by atomic mass is 9.77. The van der Waals surface area contributed by atoms with Crippen LogP contribution in [0.25, 0.3) is 0 Å². The minimum atomic E-state index is -0.306. The Hall–Kier alpha value is -1.50. The lowest BCUT2D eigenvalue weighted by Gasteiger charge is -2.41. The van der Waals surface area contributed by atoms with Crippen molar-refractivity contribution < 1.29 is 19.1 Å². The first-order valence-corrected chi connectivity index (χ1v) is 11.3. The molecule has 0 aliphatic heterocycles. The highest BCUT2D eigenvalue weighted by atomic mass is 16.5. The third-order valence-electron chi connectivity index (χ3n) is 6.59. The second kappa shape index (κ2) is 11.5. The van der Waals surface area contributed by atoms with Crippen LogP contribution in [0.1, 0.15) is 117 Å². The second-order valence-corrected chi connectivity index (χ2v) is 8.92. The van der Waals surface area contributed by atoms with Gasteiger partial charge in [-0.05, 0) is 64.2 Å². The zero-order valence-electron chi connectivity index (χ0n) is 17.9. The van der Waals surface area contributed by atoms with Crippen molar-refractivity contribution in [2.45, 2.75) is 128 Å². The van der Waals surface area contributed by atoms with Gasteiger partial charge in [0.05, 0.1) is 0 Å². The summed E-state index contributed by atoms with van der Waals surface area (Å²) in [6, 6.07) is 0. The average molecular weight is 391 g/mol. The summed E-state index contributed by atoms with van der Waals surface area (Å²) >= 11 is 0. The van der Waals surface area contributed by atoms with Crippen molar-refractivity contribution in [1.29, 1.82) is 0 Å². The Balaban J connectivity index is 2.20. The maximum atomic E-state index is 11.2. The molecule has 2 fully saturated rings. The van der Waals surface area contributed by atoms with Gasteiger partial charge in [-0.3, -0.25) is 0 Å². The van der Waals surface area contributed by atoms with Gasteiger partial charge in [-0.1, -0.05) is 38.5 Å². The van der Waals surface area contributed by atoms with Crippen LogP contribution in [-0.2, 0) is 19.1 Å². The van der Waals surface area contributed by atoms with Crippen molar-refractivity contribution in [1.82, 2.24) is 0 Å². The van der Waals surface area contributed by atoms with Crippen LogP contribution in [0.5, 0.6) is 0 Å². The lowest BCUT2D eigenvalue weighted by molar-refractivity contribution is -0.0694. The fourth-order valence-corrected chi connectivity index (χ4v) is 5.05. The topological polar surface area (TPSA) is 52.6 Å². The van der Waals surface area contributed by atoms with Crippen LogP contribution in [-0.4, -0.2) is 23.1 Å². The molecule has 2 rings (SSSR count). The third-order valence-corrected chi connectivity index (χ3v) is 6.59. The molecule has 0 N–H and O–H groups in total. The van der Waals surface area contributed by atoms with E-state index < -0.39 is 0 Å². The molecular weight excluding hydrogens is 352 g/mol. The van der Waals surface area contributed by atoms with E-state index in [0.717, 1.165) is 64.2 Å². The van der Waals surface area contributed by atoms with Gasteiger partial charge in [0.1, 0.15) is 11.2 Å². The molecule has 2 saturated carbocycles. The van der Waals surface area contributed by atoms with Crippen LogP contribution < -0.4 is 0 Å². The Morgan fingerprint density at radius 1 is 0.607 bits per heavy atom. The number of hydrogen-bond acceptors (Lipinski definition) is 4. The standard InChI is InChI=1S/C24H38O4/c1-21(19-25)27-23(13-9-5-3-6-10-14-23)17-18-24(28-22(2)20-26)15-11-7-4-8-12-16-24/h3-18H2,1-2H3. The van der Waals surface area contributed by atoms with E-state index in [-0.39, 0.29) is 11.2 Å². The molecule has 0 amide bonds. The molecule has 4 nitrogen and oxygen atoms in total. The summed E-state index contributed by atoms with van der Waals surface area (Å²) < 4.78 is 12.5. The van der Waals surface area contributed by atoms with Gasteiger partial charge >= 0.3 is 0 Å². The van der Waals surface area contributed by atoms with Crippen molar-refractivity contribution in [2.75, 3.05) is 0 Å². The summed E-state index contributed by atoms with van der Waals surface area (Å²) in [5.74, 6) is 4.59. The van der Waals surface area contributed by atoms with Gasteiger partial charge in [0.2, 0.25) is 0 Å². The Kier molecular flexibility index (Phi) is 9.35. The van der Waals surface area contributed by atoms with Gasteiger partial charge in [0, 0.05) is 13.8 Å². The molecule has 2 aliphatic rings. The Labute approximate surface area is 170 Å². The van der Waals surface area contributed by atoms with Crippen LogP contribution in [0.4, 0.5) is 0 Å². The first-order valence-electron chi connectivity index (χ1n) is 11.3. The molecule has 0 heterocycles. The summed E-state index contributed by atoms with van der Waals surface area (Å²) in [5.41, 5.74) is -0.612. The first-order chi connectivity index (χ1) is 13.5. The second-order valence-electron chi connectivity index (χ2n) is 8.92. The van der Waals surface area contributed by atoms with E-state index in [2.05, 4.69) is 0 Å². The van der Waals surface area contributed by atoms with Gasteiger partial charge in [0.25, 0.3) is 0 Å². The van der Waals surface area contributed by atoms with Crippen LogP contribution >= 0.6 is 0 Å². The molecule has 0 saturated heterocycles. The normalized spacial score (nSPS) is 22.2. The van der Waals surface area contributed by atoms with Gasteiger partial charge in [-0.25, -0.2) is 9.59 Å². The number of ether oxygens (including phenoxy) is 2. The number of allylic oxidation sites excluding steroid dienone is 2. The molecule has 0 aromatic rings. The van der Waals surface area contributed by atoms with E-state index in [9.17, 15) is 9.59 Å². The Bertz CT molecular complexity index is 513. The van der Waals surface area contributed by atoms with Crippen LogP contribution in [0, 0.1) is 0 Å². The molecule has 0 aromatic heterocycles. The van der Waals surface area contributed by atoms with E-state index in [1.54, 1.807) is 13.8 Å². The zero-order chi connectivity index (χ0) is 20.3. The molecular formula is C24H38O4. The maximum Gasteiger partial charge on any atom is 0.177 e. The molecule has 4 heteroatoms. The summed E-state index contributed by atoms with van der Waals surface area (Å²) in [5, 5.41) is 0. The summed E-state index contributed by atoms with van der Waals surface area (Å²) in [6.07, 6.45) is 17.6. The van der Waals surface area contributed by atoms with Gasteiger partial charge in [-0.2, -0.15) is 0 Å². The van der Waals surface area contributed by atoms with Crippen LogP contribution in [0.2, 0.25) is 0 Å². The van der Waals surface area contributed by atoms with Gasteiger partial charge in [-0.15, -0.1) is 0 Å². The van der Waals surface area contributed by atoms with Crippen molar-refractivity contribution in [2.24, 2.45) is 0 Å². The van der Waals surface area contributed by atoms with E-state index in [4.69, 9.17) is 9.47 Å². The predicted octanol–water partition coefficient (Wildman–Crippen LogP) is 6.24. The molecule has 0 bridgehead atoms. The van der Waals surface area contributed by atoms with Gasteiger partial charge < -0.3 is 9.47 Å². The van der Waals surface area contributed by atoms with Crippen LogP contribution in [0.3, 0.4) is 0 Å². The molecule has 28 heavy (non-hydrogen) atoms. The smallest absolute Gasteiger partial charge is 0.177 e. The van der Waals surface area contributed by atoms with Gasteiger partial charge in [0.15, 0.2) is 23.4 Å². The predicted molar refractivity (Wildman–Crippen MR) is 111 cm³/mol. The lowest BCUT2D eigenvalue weighted by Crippen LogP contribution is -2.39. The van der Waals surface area contributed by atoms with E-state index >= 15 is 0 Å². The highest BCUT2D eigenvalue weighted by molar-refractivity contribution is 5.48. The Morgan fingerprint density at radius 2 is 0.893 bits per heavy atom. The fraction of sp³-hybridized carbons (Fsp3) is 0.833. The summed E-state index contributed by atoms with van der Waals surface area (Å²) in [6.45, 7) is 3.43. The summed E-state index contributed by atoms with van der Waals surface area (Å²) in [7, 11) is 0. The average Bonchev–Trinajstić information content (AvgIpc) is 2.65. The number of hydrogen-bond donors (Lipinski definition) is 0. The van der Waals surface area contributed by atoms with E-state index in [1.165, 1.54) is 38.5 Å². The molecule has 158 valence electrons. The van der Waals surface area contributed by atoms with Crippen molar-refractivity contribution in [3.05, 3.63) is 11.5 Å². The largest absolute Gasteiger partial charge is 0.481 e. The molecule has 2 aliphatic carbocycles. The molecule has 0 spiro atoms. The minimum absolute atomic E-state index is 0.306.